The van der Waals surface area contributed by atoms with E-state index >= 15 is 0 Å². The van der Waals surface area contributed by atoms with Crippen molar-refractivity contribution >= 4 is 6.09 Å². The zero-order valence-corrected chi connectivity index (χ0v) is 14.1. The van der Waals surface area contributed by atoms with E-state index in [1.54, 1.807) is 0 Å². The number of carbonyl (C=O) groups is 1. The van der Waals surface area contributed by atoms with Crippen LogP contribution < -0.4 is 0 Å². The largest absolute Gasteiger partial charge is 0.442 e. The number of carbonyl (C=O) groups excluding carboxylic acids is 1. The highest BCUT2D eigenvalue weighted by Gasteiger charge is 2.22. The Balaban J connectivity index is 2.62. The third kappa shape index (κ3) is 8.70. The quantitative estimate of drug-likeness (QED) is 0.325. The highest BCUT2D eigenvalue weighted by Crippen LogP contribution is 2.12. The van der Waals surface area contributed by atoms with Gasteiger partial charge in [0.25, 0.3) is 0 Å². The molecule has 0 saturated carbocycles. The molecule has 0 spiro atoms. The Morgan fingerprint density at radius 2 is 1.96 bits per heavy atom. The van der Waals surface area contributed by atoms with E-state index in [2.05, 4.69) is 5.92 Å². The SMILES string of the molecule is C#CCC/C=C/CN(OCc1ccccc1)C(=O)OC(C)(C)C. The maximum absolute atomic E-state index is 12.2. The van der Waals surface area contributed by atoms with Crippen molar-refractivity contribution in [2.24, 2.45) is 0 Å². The van der Waals surface area contributed by atoms with E-state index in [1.807, 2.05) is 63.3 Å². The summed E-state index contributed by atoms with van der Waals surface area (Å²) < 4.78 is 5.36. The van der Waals surface area contributed by atoms with Crippen molar-refractivity contribution in [1.29, 1.82) is 0 Å². The summed E-state index contributed by atoms with van der Waals surface area (Å²) in [5.41, 5.74) is 0.413. The molecule has 1 rings (SSSR count). The molecule has 0 N–H and O–H groups in total. The van der Waals surface area contributed by atoms with Gasteiger partial charge in [0, 0.05) is 6.42 Å². The molecule has 0 aliphatic heterocycles. The van der Waals surface area contributed by atoms with Gasteiger partial charge in [0.05, 0.1) is 6.54 Å². The lowest BCUT2D eigenvalue weighted by atomic mass is 10.2. The van der Waals surface area contributed by atoms with Gasteiger partial charge in [-0.15, -0.1) is 12.3 Å². The molecule has 0 unspecified atom stereocenters. The number of nitrogens with zero attached hydrogens (tertiary/aromatic N) is 1. The molecule has 0 fully saturated rings. The number of allylic oxidation sites excluding steroid dienone is 1. The summed E-state index contributed by atoms with van der Waals surface area (Å²) in [4.78, 5) is 17.8. The first-order chi connectivity index (χ1) is 10.9. The fraction of sp³-hybridized carbons (Fsp3) is 0.421. The standard InChI is InChI=1S/C19H25NO3/c1-5-6-7-8-12-15-20(18(21)23-19(2,3)4)22-16-17-13-10-9-11-14-17/h1,8-14H,6-7,15-16H2,2-4H3/b12-8+. The van der Waals surface area contributed by atoms with E-state index in [4.69, 9.17) is 16.0 Å². The van der Waals surface area contributed by atoms with Crippen LogP contribution in [0.3, 0.4) is 0 Å². The van der Waals surface area contributed by atoms with Crippen molar-refractivity contribution in [1.82, 2.24) is 5.06 Å². The minimum Gasteiger partial charge on any atom is -0.442 e. The first-order valence-electron chi connectivity index (χ1n) is 7.68. The molecule has 124 valence electrons. The number of rotatable bonds is 7. The number of unbranched alkanes of at least 4 members (excludes halogenated alkanes) is 1. The first kappa shape index (κ1) is 18.8. The van der Waals surface area contributed by atoms with Crippen LogP contribution in [0.1, 0.15) is 39.2 Å². The highest BCUT2D eigenvalue weighted by atomic mass is 16.7. The summed E-state index contributed by atoms with van der Waals surface area (Å²) >= 11 is 0. The molecule has 0 saturated heterocycles. The molecule has 0 atom stereocenters. The van der Waals surface area contributed by atoms with Gasteiger partial charge in [-0.05, 0) is 32.8 Å². The molecular formula is C19H25NO3. The van der Waals surface area contributed by atoms with Crippen LogP contribution >= 0.6 is 0 Å². The molecule has 0 heterocycles. The third-order valence-corrected chi connectivity index (χ3v) is 2.72. The van der Waals surface area contributed by atoms with Gasteiger partial charge in [0.2, 0.25) is 0 Å². The van der Waals surface area contributed by atoms with Crippen LogP contribution in [0.4, 0.5) is 4.79 Å². The normalized spacial score (nSPS) is 11.2. The van der Waals surface area contributed by atoms with Gasteiger partial charge in [-0.1, -0.05) is 42.5 Å². The molecule has 1 aromatic carbocycles. The summed E-state index contributed by atoms with van der Waals surface area (Å²) in [6, 6.07) is 9.67. The molecule has 4 nitrogen and oxygen atoms in total. The average molecular weight is 315 g/mol. The minimum absolute atomic E-state index is 0.304. The average Bonchev–Trinajstić information content (AvgIpc) is 2.49. The lowest BCUT2D eigenvalue weighted by Gasteiger charge is -2.26. The van der Waals surface area contributed by atoms with Gasteiger partial charge in [0.15, 0.2) is 0 Å². The van der Waals surface area contributed by atoms with Gasteiger partial charge in [-0.2, -0.15) is 5.06 Å². The number of amides is 1. The van der Waals surface area contributed by atoms with Crippen molar-refractivity contribution in [3.63, 3.8) is 0 Å². The molecule has 0 aliphatic carbocycles. The second-order valence-corrected chi connectivity index (χ2v) is 6.01. The van der Waals surface area contributed by atoms with Gasteiger partial charge < -0.3 is 4.74 Å². The lowest BCUT2D eigenvalue weighted by molar-refractivity contribution is -0.149. The number of hydrogen-bond acceptors (Lipinski definition) is 3. The van der Waals surface area contributed by atoms with E-state index in [0.717, 1.165) is 12.0 Å². The van der Waals surface area contributed by atoms with Crippen LogP contribution in [0.15, 0.2) is 42.5 Å². The second kappa shape index (κ2) is 9.70. The molecular weight excluding hydrogens is 290 g/mol. The van der Waals surface area contributed by atoms with Gasteiger partial charge in [0.1, 0.15) is 12.2 Å². The van der Waals surface area contributed by atoms with Crippen LogP contribution in [0.25, 0.3) is 0 Å². The molecule has 0 aliphatic rings. The van der Waals surface area contributed by atoms with Crippen LogP contribution in [-0.2, 0) is 16.2 Å². The van der Waals surface area contributed by atoms with Crippen molar-refractivity contribution in [2.75, 3.05) is 6.54 Å². The molecule has 23 heavy (non-hydrogen) atoms. The Morgan fingerprint density at radius 3 is 2.57 bits per heavy atom. The zero-order chi connectivity index (χ0) is 17.1. The van der Waals surface area contributed by atoms with E-state index in [0.29, 0.717) is 19.6 Å². The second-order valence-electron chi connectivity index (χ2n) is 6.01. The smallest absolute Gasteiger partial charge is 0.434 e. The zero-order valence-electron chi connectivity index (χ0n) is 14.1. The van der Waals surface area contributed by atoms with Gasteiger partial charge in [-0.25, -0.2) is 4.79 Å². The van der Waals surface area contributed by atoms with Crippen LogP contribution in [0, 0.1) is 12.3 Å². The maximum atomic E-state index is 12.2. The Labute approximate surface area is 139 Å². The van der Waals surface area contributed by atoms with E-state index in [9.17, 15) is 4.79 Å². The van der Waals surface area contributed by atoms with Crippen LogP contribution in [-0.4, -0.2) is 23.3 Å². The molecule has 1 amide bonds. The monoisotopic (exact) mass is 315 g/mol. The number of terminal acetylenes is 1. The van der Waals surface area contributed by atoms with Crippen LogP contribution in [0.5, 0.6) is 0 Å². The number of ether oxygens (including phenoxy) is 1. The van der Waals surface area contributed by atoms with Gasteiger partial charge >= 0.3 is 6.09 Å². The van der Waals surface area contributed by atoms with Crippen molar-refractivity contribution in [2.45, 2.75) is 45.8 Å². The topological polar surface area (TPSA) is 38.8 Å². The Morgan fingerprint density at radius 1 is 1.26 bits per heavy atom. The lowest BCUT2D eigenvalue weighted by Crippen LogP contribution is -2.37. The third-order valence-electron chi connectivity index (χ3n) is 2.72. The Hall–Kier alpha value is -2.25. The van der Waals surface area contributed by atoms with Gasteiger partial charge in [-0.3, -0.25) is 4.84 Å². The predicted octanol–water partition coefficient (Wildman–Crippen LogP) is 4.32. The van der Waals surface area contributed by atoms with E-state index in [-0.39, 0.29) is 0 Å². The van der Waals surface area contributed by atoms with E-state index in [1.165, 1.54) is 5.06 Å². The molecule has 4 heteroatoms. The van der Waals surface area contributed by atoms with Crippen LogP contribution in [0.2, 0.25) is 0 Å². The number of benzene rings is 1. The Kier molecular flexibility index (Phi) is 7.93. The summed E-state index contributed by atoms with van der Waals surface area (Å²) in [6.45, 7) is 6.08. The van der Waals surface area contributed by atoms with Crippen molar-refractivity contribution < 1.29 is 14.4 Å². The highest BCUT2D eigenvalue weighted by molar-refractivity contribution is 5.67. The number of hydrogen-bond donors (Lipinski definition) is 0. The molecule has 1 aromatic rings. The van der Waals surface area contributed by atoms with Crippen molar-refractivity contribution in [3.05, 3.63) is 48.0 Å². The summed E-state index contributed by atoms with van der Waals surface area (Å²) in [6.07, 6.45) is 9.94. The van der Waals surface area contributed by atoms with E-state index < -0.39 is 11.7 Å². The Bertz CT molecular complexity index is 538. The first-order valence-corrected chi connectivity index (χ1v) is 7.68. The summed E-state index contributed by atoms with van der Waals surface area (Å²) in [5, 5.41) is 1.23. The maximum Gasteiger partial charge on any atom is 0.434 e. The predicted molar refractivity (Wildman–Crippen MR) is 91.4 cm³/mol. The molecule has 0 bridgehead atoms. The fourth-order valence-corrected chi connectivity index (χ4v) is 1.67. The summed E-state index contributed by atoms with van der Waals surface area (Å²) in [5.74, 6) is 2.57. The molecule has 0 radical (unpaired) electrons. The minimum atomic E-state index is -0.571. The number of hydroxylamine groups is 2. The molecule has 0 aromatic heterocycles. The van der Waals surface area contributed by atoms with Crippen molar-refractivity contribution in [3.8, 4) is 12.3 Å². The fourth-order valence-electron chi connectivity index (χ4n) is 1.67. The summed E-state index contributed by atoms with van der Waals surface area (Å²) in [7, 11) is 0.